The average molecular weight is 337 g/mol. The van der Waals surface area contributed by atoms with Gasteiger partial charge in [0.05, 0.1) is 16.2 Å². The Bertz CT molecular complexity index is 1040. The van der Waals surface area contributed by atoms with Gasteiger partial charge < -0.3 is 9.73 Å². The number of nitrogens with one attached hydrogen (secondary N) is 1. The zero-order valence-corrected chi connectivity index (χ0v) is 13.6. The van der Waals surface area contributed by atoms with Gasteiger partial charge in [-0.3, -0.25) is 14.9 Å². The second-order valence-corrected chi connectivity index (χ2v) is 5.41. The van der Waals surface area contributed by atoms with E-state index in [1.807, 2.05) is 19.2 Å². The van der Waals surface area contributed by atoms with Gasteiger partial charge in [0.1, 0.15) is 5.58 Å². The molecule has 0 spiro atoms. The van der Waals surface area contributed by atoms with E-state index in [0.717, 1.165) is 5.69 Å². The van der Waals surface area contributed by atoms with Crippen LogP contribution < -0.4 is 10.9 Å². The van der Waals surface area contributed by atoms with Crippen molar-refractivity contribution in [3.8, 4) is 0 Å². The van der Waals surface area contributed by atoms with Gasteiger partial charge >= 0.3 is 0 Å². The van der Waals surface area contributed by atoms with Crippen LogP contribution in [0, 0.1) is 10.1 Å². The van der Waals surface area contributed by atoms with Crippen LogP contribution in [0.2, 0.25) is 0 Å². The molecular weight excluding hydrogens is 322 g/mol. The van der Waals surface area contributed by atoms with Crippen LogP contribution in [0.5, 0.6) is 0 Å². The summed E-state index contributed by atoms with van der Waals surface area (Å²) >= 11 is 0. The van der Waals surface area contributed by atoms with E-state index in [2.05, 4.69) is 10.3 Å². The highest BCUT2D eigenvalue weighted by molar-refractivity contribution is 5.96. The summed E-state index contributed by atoms with van der Waals surface area (Å²) in [5.41, 5.74) is 2.36. The number of nitro benzene ring substituents is 1. The number of rotatable bonds is 4. The predicted octanol–water partition coefficient (Wildman–Crippen LogP) is 3.82. The molecule has 0 bridgehead atoms. The summed E-state index contributed by atoms with van der Waals surface area (Å²) in [5.74, 6) is -0.234. The highest BCUT2D eigenvalue weighted by Gasteiger charge is 2.12. The van der Waals surface area contributed by atoms with Crippen LogP contribution in [0.15, 0.2) is 57.9 Å². The van der Waals surface area contributed by atoms with Crippen LogP contribution in [0.1, 0.15) is 17.3 Å². The van der Waals surface area contributed by atoms with E-state index in [9.17, 15) is 14.9 Å². The number of nitrogens with zero attached hydrogens (tertiary/aromatic N) is 2. The molecule has 126 valence electrons. The Morgan fingerprint density at radius 3 is 2.48 bits per heavy atom. The first-order valence-electron chi connectivity index (χ1n) is 7.54. The predicted molar refractivity (Wildman–Crippen MR) is 94.1 cm³/mol. The fourth-order valence-electron chi connectivity index (χ4n) is 2.39. The monoisotopic (exact) mass is 337 g/mol. The zero-order valence-electron chi connectivity index (χ0n) is 13.6. The number of Topliss-reactive ketones (excluding diaryl/α,β-unsaturated/α-hetero) is 1. The van der Waals surface area contributed by atoms with Gasteiger partial charge in [0, 0.05) is 30.3 Å². The smallest absolute Gasteiger partial charge is 0.270 e. The number of hydrogen-bond acceptors (Lipinski definition) is 6. The molecule has 0 aliphatic rings. The number of fused-ring (bicyclic) bond motifs is 1. The molecule has 0 unspecified atom stereocenters. The normalized spacial score (nSPS) is 11.5. The molecule has 0 radical (unpaired) electrons. The van der Waals surface area contributed by atoms with E-state index in [4.69, 9.17) is 4.42 Å². The van der Waals surface area contributed by atoms with Crippen LogP contribution in [-0.2, 0) is 0 Å². The van der Waals surface area contributed by atoms with Crippen molar-refractivity contribution in [2.75, 3.05) is 12.4 Å². The molecule has 0 saturated carbocycles. The molecule has 7 heteroatoms. The first-order valence-corrected chi connectivity index (χ1v) is 7.54. The lowest BCUT2D eigenvalue weighted by Crippen LogP contribution is -2.13. The van der Waals surface area contributed by atoms with Crippen molar-refractivity contribution in [2.45, 2.75) is 6.92 Å². The molecule has 1 aromatic heterocycles. The summed E-state index contributed by atoms with van der Waals surface area (Å²) in [6.07, 6.45) is 0. The van der Waals surface area contributed by atoms with Gasteiger partial charge in [0.2, 0.25) is 5.55 Å². The summed E-state index contributed by atoms with van der Waals surface area (Å²) < 4.78 is 5.72. The van der Waals surface area contributed by atoms with Gasteiger partial charge in [0.15, 0.2) is 5.78 Å². The van der Waals surface area contributed by atoms with Crippen molar-refractivity contribution in [2.24, 2.45) is 4.99 Å². The van der Waals surface area contributed by atoms with Gasteiger partial charge in [-0.25, -0.2) is 4.99 Å². The second-order valence-electron chi connectivity index (χ2n) is 5.41. The molecular formula is C18H15N3O4. The maximum Gasteiger partial charge on any atom is 0.270 e. The van der Waals surface area contributed by atoms with Crippen molar-refractivity contribution in [1.29, 1.82) is 0 Å². The van der Waals surface area contributed by atoms with E-state index in [-0.39, 0.29) is 22.6 Å². The molecule has 0 aliphatic heterocycles. The lowest BCUT2D eigenvalue weighted by Gasteiger charge is -2.03. The third-order valence-electron chi connectivity index (χ3n) is 3.71. The van der Waals surface area contributed by atoms with E-state index < -0.39 is 4.92 Å². The van der Waals surface area contributed by atoms with E-state index >= 15 is 0 Å². The quantitative estimate of drug-likeness (QED) is 0.443. The van der Waals surface area contributed by atoms with Crippen molar-refractivity contribution in [3.05, 3.63) is 69.8 Å². The summed E-state index contributed by atoms with van der Waals surface area (Å²) in [6, 6.07) is 13.1. The van der Waals surface area contributed by atoms with E-state index in [1.54, 1.807) is 18.2 Å². The van der Waals surface area contributed by atoms with Crippen LogP contribution >= 0.6 is 0 Å². The molecule has 1 heterocycles. The number of nitro groups is 1. The maximum absolute atomic E-state index is 12.0. The number of hydrogen-bond donors (Lipinski definition) is 1. The molecule has 0 aliphatic carbocycles. The molecule has 2 aromatic carbocycles. The van der Waals surface area contributed by atoms with E-state index in [0.29, 0.717) is 16.7 Å². The molecule has 3 rings (SSSR count). The second kappa shape index (κ2) is 6.56. The summed E-state index contributed by atoms with van der Waals surface area (Å²) in [6.45, 7) is 1.40. The number of benzene rings is 2. The summed E-state index contributed by atoms with van der Waals surface area (Å²) in [4.78, 5) is 26.8. The lowest BCUT2D eigenvalue weighted by atomic mass is 10.1. The van der Waals surface area contributed by atoms with Crippen molar-refractivity contribution < 1.29 is 14.1 Å². The first kappa shape index (κ1) is 16.4. The first-order chi connectivity index (χ1) is 12.0. The molecule has 0 atom stereocenters. The lowest BCUT2D eigenvalue weighted by molar-refractivity contribution is -0.384. The van der Waals surface area contributed by atoms with Gasteiger partial charge in [-0.15, -0.1) is 0 Å². The van der Waals surface area contributed by atoms with Crippen LogP contribution in [0.25, 0.3) is 11.0 Å². The van der Waals surface area contributed by atoms with Gasteiger partial charge in [-0.2, -0.15) is 0 Å². The SMILES string of the molecule is CNc1ccc(N=c2oc3ccc([N+](=O)[O-])cc3cc2C(C)=O)cc1. The molecule has 0 fully saturated rings. The highest BCUT2D eigenvalue weighted by Crippen LogP contribution is 2.21. The standard InChI is InChI=1S/C18H15N3O4/c1-11(22)16-10-12-9-15(21(23)24)7-8-17(12)25-18(16)20-14-5-3-13(19-2)4-6-14/h3-10,19H,1-2H3. The molecule has 3 aromatic rings. The molecule has 0 saturated heterocycles. The maximum atomic E-state index is 12.0. The Balaban J connectivity index is 2.20. The molecule has 25 heavy (non-hydrogen) atoms. The number of carbonyl (C=O) groups excluding carboxylic acids is 1. The van der Waals surface area contributed by atoms with Gasteiger partial charge in [-0.1, -0.05) is 0 Å². The minimum Gasteiger partial charge on any atom is -0.438 e. The fourth-order valence-corrected chi connectivity index (χ4v) is 2.39. The average Bonchev–Trinajstić information content (AvgIpc) is 2.61. The van der Waals surface area contributed by atoms with Crippen LogP contribution in [-0.4, -0.2) is 17.8 Å². The Kier molecular flexibility index (Phi) is 4.30. The van der Waals surface area contributed by atoms with Crippen molar-refractivity contribution in [3.63, 3.8) is 0 Å². The Morgan fingerprint density at radius 1 is 1.16 bits per heavy atom. The molecule has 1 N–H and O–H groups in total. The Hall–Kier alpha value is -3.48. The molecule has 7 nitrogen and oxygen atoms in total. The third-order valence-corrected chi connectivity index (χ3v) is 3.71. The Morgan fingerprint density at radius 2 is 1.88 bits per heavy atom. The Labute approximate surface area is 142 Å². The largest absolute Gasteiger partial charge is 0.438 e. The van der Waals surface area contributed by atoms with Crippen LogP contribution in [0.3, 0.4) is 0 Å². The number of ketones is 1. The topological polar surface area (TPSA) is 97.7 Å². The van der Waals surface area contributed by atoms with Crippen LogP contribution in [0.4, 0.5) is 17.1 Å². The number of non-ortho nitro benzene ring substituents is 1. The van der Waals surface area contributed by atoms with E-state index in [1.165, 1.54) is 25.1 Å². The van der Waals surface area contributed by atoms with Gasteiger partial charge in [-0.05, 0) is 43.3 Å². The fraction of sp³-hybridized carbons (Fsp3) is 0.111. The summed E-state index contributed by atoms with van der Waals surface area (Å²) in [7, 11) is 1.82. The zero-order chi connectivity index (χ0) is 18.0. The number of carbonyl (C=O) groups is 1. The highest BCUT2D eigenvalue weighted by atomic mass is 16.6. The third kappa shape index (κ3) is 3.40. The number of anilines is 1. The minimum absolute atomic E-state index is 0.0652. The van der Waals surface area contributed by atoms with Gasteiger partial charge in [0.25, 0.3) is 5.69 Å². The molecule has 0 amide bonds. The van der Waals surface area contributed by atoms with Crippen molar-refractivity contribution >= 4 is 33.8 Å². The summed E-state index contributed by atoms with van der Waals surface area (Å²) in [5, 5.41) is 14.4. The minimum atomic E-state index is -0.492. The van der Waals surface area contributed by atoms with Crippen molar-refractivity contribution in [1.82, 2.24) is 0 Å².